The highest BCUT2D eigenvalue weighted by molar-refractivity contribution is 9.10. The molecule has 0 saturated carbocycles. The normalized spacial score (nSPS) is 13.0. The molecule has 5 nitrogen and oxygen atoms in total. The van der Waals surface area contributed by atoms with Crippen LogP contribution in [-0.4, -0.2) is 9.13 Å². The topological polar surface area (TPSA) is 66.1 Å². The van der Waals surface area contributed by atoms with Gasteiger partial charge < -0.3 is 10.2 Å². The van der Waals surface area contributed by atoms with E-state index in [0.717, 1.165) is 21.1 Å². The number of nitrogens with two attached hydrogens (primary N) is 1. The Hall–Kier alpha value is -1.31. The second-order valence-electron chi connectivity index (χ2n) is 4.88. The molecular weight excluding hydrogens is 402 g/mol. The lowest BCUT2D eigenvalue weighted by atomic mass is 10.0. The number of hydrogen-bond acceptors (Lipinski definition) is 3. The second kappa shape index (κ2) is 5.15. The van der Waals surface area contributed by atoms with Gasteiger partial charge in [0.2, 0.25) is 0 Å². The van der Waals surface area contributed by atoms with Crippen LogP contribution in [0.2, 0.25) is 0 Å². The molecule has 7 heteroatoms. The SMILES string of the molecule is Cn1c(=O)n(C)c2cc(C(N)c3ccc(Br)o3)c(Br)cc21. The van der Waals surface area contributed by atoms with Crippen molar-refractivity contribution in [1.82, 2.24) is 9.13 Å². The highest BCUT2D eigenvalue weighted by Crippen LogP contribution is 2.32. The third kappa shape index (κ3) is 2.29. The van der Waals surface area contributed by atoms with Crippen LogP contribution in [0.25, 0.3) is 11.0 Å². The molecule has 1 aromatic carbocycles. The molecule has 0 bridgehead atoms. The highest BCUT2D eigenvalue weighted by atomic mass is 79.9. The number of halogens is 2. The maximum Gasteiger partial charge on any atom is 0.328 e. The van der Waals surface area contributed by atoms with E-state index in [1.807, 2.05) is 18.2 Å². The molecule has 1 atom stereocenters. The van der Waals surface area contributed by atoms with Gasteiger partial charge in [0.05, 0.1) is 17.1 Å². The summed E-state index contributed by atoms with van der Waals surface area (Å²) in [6.07, 6.45) is 0. The van der Waals surface area contributed by atoms with Gasteiger partial charge in [0, 0.05) is 18.6 Å². The van der Waals surface area contributed by atoms with Gasteiger partial charge in [-0.1, -0.05) is 15.9 Å². The van der Waals surface area contributed by atoms with Crippen LogP contribution in [0.4, 0.5) is 0 Å². The molecule has 2 heterocycles. The molecule has 1 unspecified atom stereocenters. The van der Waals surface area contributed by atoms with Gasteiger partial charge in [-0.25, -0.2) is 4.79 Å². The Morgan fingerprint density at radius 3 is 2.33 bits per heavy atom. The summed E-state index contributed by atoms with van der Waals surface area (Å²) in [7, 11) is 3.50. The van der Waals surface area contributed by atoms with Crippen molar-refractivity contribution < 1.29 is 4.42 Å². The molecule has 110 valence electrons. The number of nitrogens with zero attached hydrogens (tertiary/aromatic N) is 2. The molecule has 0 amide bonds. The smallest absolute Gasteiger partial charge is 0.328 e. The number of hydrogen-bond donors (Lipinski definition) is 1. The quantitative estimate of drug-likeness (QED) is 0.700. The summed E-state index contributed by atoms with van der Waals surface area (Å²) < 4.78 is 10.2. The predicted molar refractivity (Wildman–Crippen MR) is 88.3 cm³/mol. The summed E-state index contributed by atoms with van der Waals surface area (Å²) in [5.74, 6) is 0.655. The van der Waals surface area contributed by atoms with Gasteiger partial charge in [-0.2, -0.15) is 0 Å². The van der Waals surface area contributed by atoms with E-state index in [1.54, 1.807) is 29.3 Å². The molecule has 0 spiro atoms. The average molecular weight is 415 g/mol. The summed E-state index contributed by atoms with van der Waals surface area (Å²) in [5, 5.41) is 0. The monoisotopic (exact) mass is 413 g/mol. The van der Waals surface area contributed by atoms with Crippen LogP contribution in [0, 0.1) is 0 Å². The Morgan fingerprint density at radius 2 is 1.76 bits per heavy atom. The number of benzene rings is 1. The van der Waals surface area contributed by atoms with Crippen molar-refractivity contribution in [2.24, 2.45) is 19.8 Å². The van der Waals surface area contributed by atoms with E-state index in [0.29, 0.717) is 10.4 Å². The molecule has 0 radical (unpaired) electrons. The van der Waals surface area contributed by atoms with Crippen LogP contribution >= 0.6 is 31.9 Å². The fourth-order valence-electron chi connectivity index (χ4n) is 2.42. The first-order valence-corrected chi connectivity index (χ1v) is 7.84. The van der Waals surface area contributed by atoms with Crippen molar-refractivity contribution in [2.75, 3.05) is 0 Å². The van der Waals surface area contributed by atoms with Crippen LogP contribution in [-0.2, 0) is 14.1 Å². The Kier molecular flexibility index (Phi) is 3.59. The molecule has 21 heavy (non-hydrogen) atoms. The Morgan fingerprint density at radius 1 is 1.14 bits per heavy atom. The molecule has 3 aromatic rings. The van der Waals surface area contributed by atoms with Gasteiger partial charge in [0.15, 0.2) is 4.67 Å². The number of aryl methyl sites for hydroxylation is 2. The van der Waals surface area contributed by atoms with Gasteiger partial charge >= 0.3 is 5.69 Å². The molecule has 2 aromatic heterocycles. The van der Waals surface area contributed by atoms with Crippen LogP contribution in [0.5, 0.6) is 0 Å². The van der Waals surface area contributed by atoms with Crippen LogP contribution in [0.1, 0.15) is 17.4 Å². The number of fused-ring (bicyclic) bond motifs is 1. The minimum absolute atomic E-state index is 0.0663. The molecule has 0 aliphatic rings. The van der Waals surface area contributed by atoms with Crippen molar-refractivity contribution in [2.45, 2.75) is 6.04 Å². The standard InChI is InChI=1S/C14H13Br2N3O2/c1-18-9-5-7(13(17)11-3-4-12(16)21-11)8(15)6-10(9)19(2)14(18)20/h3-6,13H,17H2,1-2H3. The molecular formula is C14H13Br2N3O2. The minimum atomic E-state index is -0.412. The average Bonchev–Trinajstić information content (AvgIpc) is 2.97. The minimum Gasteiger partial charge on any atom is -0.452 e. The van der Waals surface area contributed by atoms with Gasteiger partial charge in [0.25, 0.3) is 0 Å². The highest BCUT2D eigenvalue weighted by Gasteiger charge is 2.19. The fourth-order valence-corrected chi connectivity index (χ4v) is 3.32. The van der Waals surface area contributed by atoms with Crippen molar-refractivity contribution in [3.63, 3.8) is 0 Å². The van der Waals surface area contributed by atoms with Crippen LogP contribution in [0.15, 0.2) is 42.6 Å². The second-order valence-corrected chi connectivity index (χ2v) is 6.52. The number of aromatic nitrogens is 2. The van der Waals surface area contributed by atoms with Gasteiger partial charge in [-0.05, 0) is 45.8 Å². The summed E-state index contributed by atoms with van der Waals surface area (Å²) >= 11 is 6.81. The molecule has 3 rings (SSSR count). The lowest BCUT2D eigenvalue weighted by molar-refractivity contribution is 0.470. The third-order valence-corrected chi connectivity index (χ3v) is 4.74. The van der Waals surface area contributed by atoms with E-state index in [9.17, 15) is 4.79 Å². The number of furan rings is 1. The first-order valence-electron chi connectivity index (χ1n) is 6.26. The lowest BCUT2D eigenvalue weighted by Crippen LogP contribution is -2.19. The van der Waals surface area contributed by atoms with Crippen LogP contribution < -0.4 is 11.4 Å². The summed E-state index contributed by atoms with van der Waals surface area (Å²) in [6.45, 7) is 0. The number of imidazole rings is 1. The maximum atomic E-state index is 12.0. The molecule has 2 N–H and O–H groups in total. The summed E-state index contributed by atoms with van der Waals surface area (Å²) in [6, 6.07) is 7.05. The van der Waals surface area contributed by atoms with Crippen molar-refractivity contribution in [3.8, 4) is 0 Å². The van der Waals surface area contributed by atoms with Gasteiger partial charge in [-0.15, -0.1) is 0 Å². The Bertz CT molecular complexity index is 892. The zero-order valence-electron chi connectivity index (χ0n) is 11.4. The molecule has 0 fully saturated rings. The van der Waals surface area contributed by atoms with E-state index in [1.165, 1.54) is 0 Å². The van der Waals surface area contributed by atoms with Crippen molar-refractivity contribution >= 4 is 42.9 Å². The van der Waals surface area contributed by atoms with Gasteiger partial charge in [0.1, 0.15) is 5.76 Å². The van der Waals surface area contributed by atoms with E-state index < -0.39 is 6.04 Å². The van der Waals surface area contributed by atoms with Crippen molar-refractivity contribution in [3.05, 3.63) is 55.2 Å². The van der Waals surface area contributed by atoms with Gasteiger partial charge in [-0.3, -0.25) is 9.13 Å². The summed E-state index contributed by atoms with van der Waals surface area (Å²) in [5.41, 5.74) is 8.77. The third-order valence-electron chi connectivity index (χ3n) is 3.63. The molecule has 0 aliphatic heterocycles. The van der Waals surface area contributed by atoms with E-state index in [2.05, 4.69) is 31.9 Å². The zero-order valence-corrected chi connectivity index (χ0v) is 14.6. The molecule has 0 aliphatic carbocycles. The first-order chi connectivity index (χ1) is 9.90. The Labute approximate surface area is 137 Å². The fraction of sp³-hybridized carbons (Fsp3) is 0.214. The lowest BCUT2D eigenvalue weighted by Gasteiger charge is -2.12. The predicted octanol–water partition coefficient (Wildman–Crippen LogP) is 3.04. The van der Waals surface area contributed by atoms with E-state index in [4.69, 9.17) is 10.2 Å². The largest absolute Gasteiger partial charge is 0.452 e. The Balaban J connectivity index is 2.21. The maximum absolute atomic E-state index is 12.0. The summed E-state index contributed by atoms with van der Waals surface area (Å²) in [4.78, 5) is 12.0. The first kappa shape index (κ1) is 14.6. The molecule has 0 saturated heterocycles. The van der Waals surface area contributed by atoms with E-state index >= 15 is 0 Å². The van der Waals surface area contributed by atoms with E-state index in [-0.39, 0.29) is 5.69 Å². The van der Waals surface area contributed by atoms with Crippen LogP contribution in [0.3, 0.4) is 0 Å². The number of rotatable bonds is 2. The zero-order chi connectivity index (χ0) is 15.3. The van der Waals surface area contributed by atoms with Crippen molar-refractivity contribution in [1.29, 1.82) is 0 Å².